The normalized spacial score (nSPS) is 17.6. The highest BCUT2D eigenvalue weighted by molar-refractivity contribution is 7.89. The van der Waals surface area contributed by atoms with Gasteiger partial charge in [0.2, 0.25) is 0 Å². The van der Waals surface area contributed by atoms with Crippen LogP contribution < -0.4 is 0 Å². The Hall–Kier alpha value is -1.09. The summed E-state index contributed by atoms with van der Waals surface area (Å²) in [5, 5.41) is 5.30. The Labute approximate surface area is 95.7 Å². The molecule has 0 atom stereocenters. The second-order valence-electron chi connectivity index (χ2n) is 3.82. The van der Waals surface area contributed by atoms with Crippen molar-refractivity contribution in [2.45, 2.75) is 30.1 Å². The number of nitrogens with one attached hydrogen (secondary N) is 1. The molecule has 1 fully saturated rings. The lowest BCUT2D eigenvalue weighted by Crippen LogP contribution is -2.40. The molecule has 1 aromatic heterocycles. The maximum Gasteiger partial charge on any atom is 0.402 e. The molecule has 1 N–H and O–H groups in total. The number of hydrogen-bond acceptors (Lipinski definition) is 3. The Morgan fingerprint density at radius 3 is 2.53 bits per heavy atom. The lowest BCUT2D eigenvalue weighted by atomic mass is 10.6. The molecule has 1 heterocycles. The van der Waals surface area contributed by atoms with Crippen molar-refractivity contribution < 1.29 is 21.6 Å². The molecule has 0 amide bonds. The number of hydrogen-bond donors (Lipinski definition) is 1. The number of H-pyrrole nitrogens is 1. The molecule has 1 saturated carbocycles. The van der Waals surface area contributed by atoms with Crippen molar-refractivity contribution in [2.75, 3.05) is 6.54 Å². The Morgan fingerprint density at radius 2 is 2.12 bits per heavy atom. The first-order chi connectivity index (χ1) is 7.81. The molecule has 1 aliphatic rings. The first-order valence-corrected chi connectivity index (χ1v) is 6.33. The molecule has 0 bridgehead atoms. The number of aromatic amines is 1. The summed E-state index contributed by atoms with van der Waals surface area (Å²) in [6.45, 7) is -1.46. The van der Waals surface area contributed by atoms with E-state index in [4.69, 9.17) is 0 Å². The summed E-state index contributed by atoms with van der Waals surface area (Å²) in [6.07, 6.45) is -2.44. The van der Waals surface area contributed by atoms with E-state index in [2.05, 4.69) is 10.2 Å². The van der Waals surface area contributed by atoms with Crippen molar-refractivity contribution in [1.82, 2.24) is 14.5 Å². The first-order valence-electron chi connectivity index (χ1n) is 4.89. The minimum Gasteiger partial charge on any atom is -0.266 e. The molecule has 0 unspecified atom stereocenters. The standard InChI is InChI=1S/C8H10F3N3O2S/c9-8(10,11)5-14(6-1-2-6)17(15,16)7-3-4-12-13-7/h3-4,6H,1-2,5H2,(H,12,13). The van der Waals surface area contributed by atoms with E-state index in [1.165, 1.54) is 6.20 Å². The van der Waals surface area contributed by atoms with E-state index in [0.29, 0.717) is 17.1 Å². The maximum atomic E-state index is 12.3. The second-order valence-corrected chi connectivity index (χ2v) is 5.68. The average molecular weight is 269 g/mol. The van der Waals surface area contributed by atoms with E-state index in [0.717, 1.165) is 6.07 Å². The molecular formula is C8H10F3N3O2S. The van der Waals surface area contributed by atoms with E-state index < -0.39 is 28.8 Å². The van der Waals surface area contributed by atoms with Crippen molar-refractivity contribution in [3.8, 4) is 0 Å². The summed E-state index contributed by atoms with van der Waals surface area (Å²) < 4.78 is 61.3. The summed E-state index contributed by atoms with van der Waals surface area (Å²) in [6, 6.07) is 0.589. The summed E-state index contributed by atoms with van der Waals surface area (Å²) in [7, 11) is -4.13. The fourth-order valence-corrected chi connectivity index (χ4v) is 3.04. The minimum atomic E-state index is -4.55. The minimum absolute atomic E-state index is 0.311. The largest absolute Gasteiger partial charge is 0.402 e. The van der Waals surface area contributed by atoms with Crippen LogP contribution >= 0.6 is 0 Å². The van der Waals surface area contributed by atoms with Crippen molar-refractivity contribution in [3.05, 3.63) is 12.3 Å². The molecular weight excluding hydrogens is 259 g/mol. The van der Waals surface area contributed by atoms with Crippen LogP contribution in [-0.4, -0.2) is 41.7 Å². The van der Waals surface area contributed by atoms with Crippen molar-refractivity contribution in [3.63, 3.8) is 0 Å². The molecule has 0 radical (unpaired) electrons. The van der Waals surface area contributed by atoms with Crippen molar-refractivity contribution >= 4 is 10.0 Å². The molecule has 0 aliphatic heterocycles. The van der Waals surface area contributed by atoms with Gasteiger partial charge in [-0.25, -0.2) is 8.42 Å². The van der Waals surface area contributed by atoms with Gasteiger partial charge in [-0.2, -0.15) is 22.6 Å². The van der Waals surface area contributed by atoms with E-state index in [1.807, 2.05) is 0 Å². The SMILES string of the molecule is O=S(=O)(c1ccn[nH]1)N(CC(F)(F)F)C1CC1. The van der Waals surface area contributed by atoms with Gasteiger partial charge in [0.1, 0.15) is 6.54 Å². The van der Waals surface area contributed by atoms with Crippen LogP contribution in [0.25, 0.3) is 0 Å². The maximum absolute atomic E-state index is 12.3. The van der Waals surface area contributed by atoms with Gasteiger partial charge in [0.15, 0.2) is 5.03 Å². The Bertz CT molecular complexity index is 479. The van der Waals surface area contributed by atoms with Gasteiger partial charge in [-0.15, -0.1) is 0 Å². The van der Waals surface area contributed by atoms with Gasteiger partial charge in [0.25, 0.3) is 10.0 Å². The van der Waals surface area contributed by atoms with Crippen LogP contribution in [0.5, 0.6) is 0 Å². The van der Waals surface area contributed by atoms with Gasteiger partial charge >= 0.3 is 6.18 Å². The number of sulfonamides is 1. The van der Waals surface area contributed by atoms with E-state index in [-0.39, 0.29) is 5.03 Å². The van der Waals surface area contributed by atoms with E-state index >= 15 is 0 Å². The van der Waals surface area contributed by atoms with Crippen molar-refractivity contribution in [1.29, 1.82) is 0 Å². The molecule has 1 aromatic rings. The summed E-state index contributed by atoms with van der Waals surface area (Å²) in [5.74, 6) is 0. The van der Waals surface area contributed by atoms with Crippen LogP contribution in [0.15, 0.2) is 17.3 Å². The quantitative estimate of drug-likeness (QED) is 0.891. The van der Waals surface area contributed by atoms with Gasteiger partial charge in [0.05, 0.1) is 6.20 Å². The van der Waals surface area contributed by atoms with Gasteiger partial charge in [0, 0.05) is 6.04 Å². The molecule has 5 nitrogen and oxygen atoms in total. The molecule has 2 rings (SSSR count). The first kappa shape index (κ1) is 12.4. The zero-order valence-electron chi connectivity index (χ0n) is 8.61. The van der Waals surface area contributed by atoms with Crippen LogP contribution in [0.2, 0.25) is 0 Å². The van der Waals surface area contributed by atoms with Crippen LogP contribution in [-0.2, 0) is 10.0 Å². The van der Waals surface area contributed by atoms with Crippen molar-refractivity contribution in [2.24, 2.45) is 0 Å². The van der Waals surface area contributed by atoms with Gasteiger partial charge in [-0.3, -0.25) is 5.10 Å². The monoisotopic (exact) mass is 269 g/mol. The van der Waals surface area contributed by atoms with Crippen LogP contribution in [0.3, 0.4) is 0 Å². The second kappa shape index (κ2) is 3.98. The Balaban J connectivity index is 2.28. The summed E-state index contributed by atoms with van der Waals surface area (Å²) in [4.78, 5) is 0. The third-order valence-corrected chi connectivity index (χ3v) is 4.18. The molecule has 9 heteroatoms. The topological polar surface area (TPSA) is 66.1 Å². The molecule has 1 aliphatic carbocycles. The highest BCUT2D eigenvalue weighted by Gasteiger charge is 2.45. The summed E-state index contributed by atoms with van der Waals surface area (Å²) in [5.41, 5.74) is 0. The fraction of sp³-hybridized carbons (Fsp3) is 0.625. The predicted molar refractivity (Wildman–Crippen MR) is 51.6 cm³/mol. The third-order valence-electron chi connectivity index (χ3n) is 2.35. The lowest BCUT2D eigenvalue weighted by molar-refractivity contribution is -0.137. The average Bonchev–Trinajstić information content (AvgIpc) is 2.86. The fourth-order valence-electron chi connectivity index (χ4n) is 1.46. The van der Waals surface area contributed by atoms with E-state index in [9.17, 15) is 21.6 Å². The van der Waals surface area contributed by atoms with Gasteiger partial charge in [-0.05, 0) is 18.9 Å². The molecule has 0 aromatic carbocycles. The highest BCUT2D eigenvalue weighted by atomic mass is 32.2. The van der Waals surface area contributed by atoms with Crippen LogP contribution in [0, 0.1) is 0 Å². The predicted octanol–water partition coefficient (Wildman–Crippen LogP) is 1.13. The van der Waals surface area contributed by atoms with Gasteiger partial charge < -0.3 is 0 Å². The lowest BCUT2D eigenvalue weighted by Gasteiger charge is -2.22. The zero-order chi connectivity index (χ0) is 12.7. The third kappa shape index (κ3) is 2.78. The molecule has 0 saturated heterocycles. The Morgan fingerprint density at radius 1 is 1.47 bits per heavy atom. The molecule has 17 heavy (non-hydrogen) atoms. The van der Waals surface area contributed by atoms with E-state index in [1.54, 1.807) is 0 Å². The number of nitrogens with zero attached hydrogens (tertiary/aromatic N) is 2. The molecule has 96 valence electrons. The number of rotatable bonds is 4. The van der Waals surface area contributed by atoms with Crippen LogP contribution in [0.4, 0.5) is 13.2 Å². The summed E-state index contributed by atoms with van der Waals surface area (Å²) >= 11 is 0. The highest BCUT2D eigenvalue weighted by Crippen LogP contribution is 2.34. The molecule has 0 spiro atoms. The van der Waals surface area contributed by atoms with Gasteiger partial charge in [-0.1, -0.05) is 0 Å². The van der Waals surface area contributed by atoms with Crippen LogP contribution in [0.1, 0.15) is 12.8 Å². The number of aromatic nitrogens is 2. The number of halogens is 3. The Kier molecular flexibility index (Phi) is 2.90. The zero-order valence-corrected chi connectivity index (χ0v) is 9.42. The number of alkyl halides is 3. The smallest absolute Gasteiger partial charge is 0.266 e.